The smallest absolute Gasteiger partial charge is 0.220 e. The highest BCUT2D eigenvalue weighted by Gasteiger charge is 2.33. The molecule has 3 nitrogen and oxygen atoms in total. The van der Waals surface area contributed by atoms with Crippen LogP contribution in [0.5, 0.6) is 0 Å². The van der Waals surface area contributed by atoms with Gasteiger partial charge in [0.1, 0.15) is 0 Å². The molecule has 0 spiro atoms. The van der Waals surface area contributed by atoms with Gasteiger partial charge in [-0.25, -0.2) is 0 Å². The molecule has 2 N–H and O–H groups in total. The molecular formula is C17H24BrClN2O. The zero-order valence-electron chi connectivity index (χ0n) is 12.7. The standard InChI is InChI=1S/C17H23BrN2O.ClH/c18-14-3-1-12(2-4-14)7-8-19-17(21)11-13-9-15-5-6-16(10-13)20-15;/h1-4,13,15-16,20H,5-11H2,(H,19,21);1H. The molecule has 3 rings (SSSR count). The van der Waals surface area contributed by atoms with Crippen LogP contribution in [-0.2, 0) is 11.2 Å². The van der Waals surface area contributed by atoms with Crippen molar-refractivity contribution in [3.8, 4) is 0 Å². The van der Waals surface area contributed by atoms with E-state index in [9.17, 15) is 4.79 Å². The maximum atomic E-state index is 12.1. The Kier molecular flexibility index (Phi) is 6.72. The molecule has 0 saturated carbocycles. The first kappa shape index (κ1) is 17.8. The first-order valence-electron chi connectivity index (χ1n) is 7.96. The second-order valence-electron chi connectivity index (χ2n) is 6.41. The fraction of sp³-hybridized carbons (Fsp3) is 0.588. The SMILES string of the molecule is Cl.O=C(CC1CC2CCC(C1)N2)NCCc1ccc(Br)cc1. The minimum Gasteiger partial charge on any atom is -0.356 e. The third-order valence-electron chi connectivity index (χ3n) is 4.69. The predicted octanol–water partition coefficient (Wildman–Crippen LogP) is 3.45. The van der Waals surface area contributed by atoms with Crippen LogP contribution in [0.2, 0.25) is 0 Å². The quantitative estimate of drug-likeness (QED) is 0.812. The zero-order valence-corrected chi connectivity index (χ0v) is 15.1. The Balaban J connectivity index is 0.00000176. The van der Waals surface area contributed by atoms with Gasteiger partial charge in [-0.15, -0.1) is 12.4 Å². The molecule has 2 fully saturated rings. The van der Waals surface area contributed by atoms with Gasteiger partial charge in [0.2, 0.25) is 5.91 Å². The van der Waals surface area contributed by atoms with E-state index in [0.717, 1.165) is 17.4 Å². The number of rotatable bonds is 5. The van der Waals surface area contributed by atoms with Gasteiger partial charge in [-0.2, -0.15) is 0 Å². The Morgan fingerprint density at radius 2 is 1.82 bits per heavy atom. The molecule has 2 aliphatic heterocycles. The molecule has 0 aliphatic carbocycles. The van der Waals surface area contributed by atoms with E-state index in [1.165, 1.54) is 31.2 Å². The summed E-state index contributed by atoms with van der Waals surface area (Å²) in [5.41, 5.74) is 1.26. The minimum absolute atomic E-state index is 0. The molecule has 22 heavy (non-hydrogen) atoms. The van der Waals surface area contributed by atoms with Gasteiger partial charge in [0.25, 0.3) is 0 Å². The van der Waals surface area contributed by atoms with Crippen LogP contribution in [0.15, 0.2) is 28.7 Å². The summed E-state index contributed by atoms with van der Waals surface area (Å²) in [5.74, 6) is 0.801. The molecule has 122 valence electrons. The Labute approximate surface area is 147 Å². The monoisotopic (exact) mass is 386 g/mol. The summed E-state index contributed by atoms with van der Waals surface area (Å²) in [5, 5.41) is 6.70. The van der Waals surface area contributed by atoms with E-state index in [2.05, 4.69) is 38.7 Å². The highest BCUT2D eigenvalue weighted by molar-refractivity contribution is 9.10. The maximum absolute atomic E-state index is 12.1. The summed E-state index contributed by atoms with van der Waals surface area (Å²) < 4.78 is 1.09. The zero-order chi connectivity index (χ0) is 14.7. The van der Waals surface area contributed by atoms with E-state index >= 15 is 0 Å². The van der Waals surface area contributed by atoms with Crippen LogP contribution in [-0.4, -0.2) is 24.5 Å². The Hall–Kier alpha value is -0.580. The number of hydrogen-bond donors (Lipinski definition) is 2. The van der Waals surface area contributed by atoms with Gasteiger partial charge in [0.05, 0.1) is 0 Å². The summed E-state index contributed by atoms with van der Waals surface area (Å²) in [6, 6.07) is 9.62. The number of hydrogen-bond acceptors (Lipinski definition) is 2. The lowest BCUT2D eigenvalue weighted by Crippen LogP contribution is -2.39. The van der Waals surface area contributed by atoms with Crippen LogP contribution < -0.4 is 10.6 Å². The lowest BCUT2D eigenvalue weighted by Gasteiger charge is -2.28. The molecule has 2 aliphatic rings. The highest BCUT2D eigenvalue weighted by atomic mass is 79.9. The van der Waals surface area contributed by atoms with Gasteiger partial charge >= 0.3 is 0 Å². The topological polar surface area (TPSA) is 41.1 Å². The van der Waals surface area contributed by atoms with Crippen molar-refractivity contribution in [3.63, 3.8) is 0 Å². The lowest BCUT2D eigenvalue weighted by molar-refractivity contribution is -0.122. The van der Waals surface area contributed by atoms with Gasteiger partial charge < -0.3 is 10.6 Å². The van der Waals surface area contributed by atoms with Crippen LogP contribution in [0.3, 0.4) is 0 Å². The fourth-order valence-corrected chi connectivity index (χ4v) is 3.94. The van der Waals surface area contributed by atoms with Gasteiger partial charge in [0.15, 0.2) is 0 Å². The van der Waals surface area contributed by atoms with Gasteiger partial charge in [-0.3, -0.25) is 4.79 Å². The second-order valence-corrected chi connectivity index (χ2v) is 7.32. The number of amides is 1. The Morgan fingerprint density at radius 3 is 2.45 bits per heavy atom. The van der Waals surface area contributed by atoms with E-state index in [0.29, 0.717) is 24.4 Å². The van der Waals surface area contributed by atoms with Crippen LogP contribution >= 0.6 is 28.3 Å². The number of fused-ring (bicyclic) bond motifs is 2. The van der Waals surface area contributed by atoms with Crippen LogP contribution in [0.1, 0.15) is 37.7 Å². The summed E-state index contributed by atoms with van der Waals surface area (Å²) in [6.45, 7) is 0.734. The molecule has 1 aromatic carbocycles. The number of carbonyl (C=O) groups excluding carboxylic acids is 1. The maximum Gasteiger partial charge on any atom is 0.220 e. The number of benzene rings is 1. The number of nitrogens with one attached hydrogen (secondary N) is 2. The van der Waals surface area contributed by atoms with Crippen molar-refractivity contribution in [2.75, 3.05) is 6.54 Å². The Bertz CT molecular complexity index is 482. The van der Waals surface area contributed by atoms with Crippen LogP contribution in [0.4, 0.5) is 0 Å². The highest BCUT2D eigenvalue weighted by Crippen LogP contribution is 2.32. The molecule has 1 amide bonds. The summed E-state index contributed by atoms with van der Waals surface area (Å²) in [7, 11) is 0. The molecule has 2 heterocycles. The van der Waals surface area contributed by atoms with Crippen LogP contribution in [0, 0.1) is 5.92 Å². The molecule has 0 aromatic heterocycles. The first-order chi connectivity index (χ1) is 10.2. The van der Waals surface area contributed by atoms with Crippen LogP contribution in [0.25, 0.3) is 0 Å². The minimum atomic E-state index is 0. The fourth-order valence-electron chi connectivity index (χ4n) is 3.67. The molecule has 2 unspecified atom stereocenters. The first-order valence-corrected chi connectivity index (χ1v) is 8.75. The average Bonchev–Trinajstić information content (AvgIpc) is 2.80. The predicted molar refractivity (Wildman–Crippen MR) is 95.4 cm³/mol. The van der Waals surface area contributed by atoms with E-state index in [1.54, 1.807) is 0 Å². The molecule has 5 heteroatoms. The molecule has 1 aromatic rings. The summed E-state index contributed by atoms with van der Waals surface area (Å²) in [6.07, 6.45) is 6.55. The average molecular weight is 388 g/mol. The summed E-state index contributed by atoms with van der Waals surface area (Å²) >= 11 is 3.43. The largest absolute Gasteiger partial charge is 0.356 e. The Morgan fingerprint density at radius 1 is 1.18 bits per heavy atom. The normalized spacial score (nSPS) is 26.3. The van der Waals surface area contributed by atoms with Gasteiger partial charge in [-0.05, 0) is 55.7 Å². The van der Waals surface area contributed by atoms with Crippen molar-refractivity contribution in [3.05, 3.63) is 34.3 Å². The van der Waals surface area contributed by atoms with E-state index in [4.69, 9.17) is 0 Å². The van der Waals surface area contributed by atoms with Crippen molar-refractivity contribution >= 4 is 34.2 Å². The van der Waals surface area contributed by atoms with Gasteiger partial charge in [0, 0.05) is 29.5 Å². The molecule has 0 radical (unpaired) electrons. The molecular weight excluding hydrogens is 364 g/mol. The van der Waals surface area contributed by atoms with Crippen molar-refractivity contribution in [1.29, 1.82) is 0 Å². The lowest BCUT2D eigenvalue weighted by atomic mass is 9.89. The van der Waals surface area contributed by atoms with E-state index in [1.807, 2.05) is 12.1 Å². The summed E-state index contributed by atoms with van der Waals surface area (Å²) in [4.78, 5) is 12.1. The molecule has 2 saturated heterocycles. The van der Waals surface area contributed by atoms with Crippen molar-refractivity contribution in [2.45, 2.75) is 50.6 Å². The van der Waals surface area contributed by atoms with Crippen molar-refractivity contribution in [1.82, 2.24) is 10.6 Å². The van der Waals surface area contributed by atoms with Crippen molar-refractivity contribution < 1.29 is 4.79 Å². The third-order valence-corrected chi connectivity index (χ3v) is 5.22. The van der Waals surface area contributed by atoms with E-state index in [-0.39, 0.29) is 18.3 Å². The second kappa shape index (κ2) is 8.32. The molecule has 2 bridgehead atoms. The van der Waals surface area contributed by atoms with Gasteiger partial charge in [-0.1, -0.05) is 28.1 Å². The number of carbonyl (C=O) groups is 1. The van der Waals surface area contributed by atoms with Crippen molar-refractivity contribution in [2.24, 2.45) is 5.92 Å². The number of halogens is 2. The third kappa shape index (κ3) is 4.97. The number of piperidine rings is 1. The molecule has 2 atom stereocenters. The van der Waals surface area contributed by atoms with E-state index < -0.39 is 0 Å².